The predicted molar refractivity (Wildman–Crippen MR) is 93.3 cm³/mol. The van der Waals surface area contributed by atoms with Gasteiger partial charge in [0.25, 0.3) is 0 Å². The van der Waals surface area contributed by atoms with E-state index in [0.29, 0.717) is 6.61 Å². The van der Waals surface area contributed by atoms with Gasteiger partial charge >= 0.3 is 5.97 Å². The number of benzene rings is 2. The average molecular weight is 325 g/mol. The molecule has 124 valence electrons. The molecule has 0 saturated carbocycles. The minimum absolute atomic E-state index is 0.0525. The number of hydrogen-bond donors (Lipinski definition) is 2. The molecule has 0 heterocycles. The molecule has 0 spiro atoms. The Morgan fingerprint density at radius 1 is 1.12 bits per heavy atom. The Labute approximate surface area is 140 Å². The number of nitrogens with one attached hydrogen (secondary N) is 1. The van der Waals surface area contributed by atoms with Crippen LogP contribution in [-0.4, -0.2) is 23.6 Å². The number of carbonyl (C=O) groups excluding carboxylic acids is 1. The summed E-state index contributed by atoms with van der Waals surface area (Å²) in [5, 5.41) is 11.7. The standard InChI is InChI=1S/C19H19NO4/c1-2-13-24-15-10-7-14(8-11-15)9-12-18(21)20-17-6-4-3-5-16(17)19(22)23/h3-12H,2,13H2,1H3,(H,20,21)(H,22,23)/b12-9+. The molecule has 0 aliphatic carbocycles. The van der Waals surface area contributed by atoms with Gasteiger partial charge in [0.15, 0.2) is 0 Å². The molecule has 0 saturated heterocycles. The highest BCUT2D eigenvalue weighted by atomic mass is 16.5. The van der Waals surface area contributed by atoms with Crippen molar-refractivity contribution in [2.24, 2.45) is 0 Å². The molecule has 2 aromatic carbocycles. The lowest BCUT2D eigenvalue weighted by Gasteiger charge is -2.06. The summed E-state index contributed by atoms with van der Waals surface area (Å²) in [6.45, 7) is 2.71. The molecule has 5 nitrogen and oxygen atoms in total. The fourth-order valence-electron chi connectivity index (χ4n) is 2.02. The van der Waals surface area contributed by atoms with E-state index in [1.807, 2.05) is 31.2 Å². The molecular weight excluding hydrogens is 306 g/mol. The van der Waals surface area contributed by atoms with E-state index in [2.05, 4.69) is 5.32 Å². The SMILES string of the molecule is CCCOc1ccc(/C=C/C(=O)Nc2ccccc2C(=O)O)cc1. The third-order valence-electron chi connectivity index (χ3n) is 3.20. The Morgan fingerprint density at radius 2 is 1.83 bits per heavy atom. The van der Waals surface area contributed by atoms with Crippen molar-refractivity contribution in [3.63, 3.8) is 0 Å². The molecule has 0 bridgehead atoms. The van der Waals surface area contributed by atoms with Crippen molar-refractivity contribution in [2.45, 2.75) is 13.3 Å². The number of ether oxygens (including phenoxy) is 1. The molecule has 0 atom stereocenters. The van der Waals surface area contributed by atoms with Crippen molar-refractivity contribution >= 4 is 23.6 Å². The Balaban J connectivity index is 1.99. The third kappa shape index (κ3) is 4.98. The van der Waals surface area contributed by atoms with Crippen molar-refractivity contribution in [3.05, 3.63) is 65.7 Å². The molecule has 0 radical (unpaired) electrons. The van der Waals surface area contributed by atoms with Crippen molar-refractivity contribution in [1.82, 2.24) is 0 Å². The summed E-state index contributed by atoms with van der Waals surface area (Å²) in [5.41, 5.74) is 1.17. The second-order valence-corrected chi connectivity index (χ2v) is 5.09. The van der Waals surface area contributed by atoms with Crippen molar-refractivity contribution < 1.29 is 19.4 Å². The Morgan fingerprint density at radius 3 is 2.50 bits per heavy atom. The quantitative estimate of drug-likeness (QED) is 0.759. The monoisotopic (exact) mass is 325 g/mol. The van der Waals surface area contributed by atoms with Crippen molar-refractivity contribution in [2.75, 3.05) is 11.9 Å². The molecule has 0 aliphatic heterocycles. The van der Waals surface area contributed by atoms with Crippen LogP contribution in [0.3, 0.4) is 0 Å². The summed E-state index contributed by atoms with van der Waals surface area (Å²) in [7, 11) is 0. The number of carboxylic acid groups (broad SMARTS) is 1. The van der Waals surface area contributed by atoms with Crippen molar-refractivity contribution in [3.8, 4) is 5.75 Å². The average Bonchev–Trinajstić information content (AvgIpc) is 2.59. The molecular formula is C19H19NO4. The summed E-state index contributed by atoms with van der Waals surface area (Å²) in [6, 6.07) is 13.6. The lowest BCUT2D eigenvalue weighted by atomic mass is 10.1. The molecule has 2 aromatic rings. The fourth-order valence-corrected chi connectivity index (χ4v) is 2.02. The molecule has 0 fully saturated rings. The van der Waals surface area contributed by atoms with Gasteiger partial charge in [0.1, 0.15) is 5.75 Å². The highest BCUT2D eigenvalue weighted by molar-refractivity contribution is 6.06. The van der Waals surface area contributed by atoms with E-state index in [1.54, 1.807) is 24.3 Å². The van der Waals surface area contributed by atoms with Crippen LogP contribution in [0.25, 0.3) is 6.08 Å². The number of carboxylic acids is 1. The molecule has 2 N–H and O–H groups in total. The fraction of sp³-hybridized carbons (Fsp3) is 0.158. The molecule has 1 amide bonds. The van der Waals surface area contributed by atoms with Crippen LogP contribution in [0.5, 0.6) is 5.75 Å². The van der Waals surface area contributed by atoms with Crippen LogP contribution in [-0.2, 0) is 4.79 Å². The second kappa shape index (κ2) is 8.53. The third-order valence-corrected chi connectivity index (χ3v) is 3.20. The number of aromatic carboxylic acids is 1. The molecule has 5 heteroatoms. The number of carbonyl (C=O) groups is 2. The van der Waals surface area contributed by atoms with Crippen LogP contribution in [0.15, 0.2) is 54.6 Å². The van der Waals surface area contributed by atoms with Crippen LogP contribution in [0.4, 0.5) is 5.69 Å². The smallest absolute Gasteiger partial charge is 0.337 e. The van der Waals surface area contributed by atoms with Gasteiger partial charge in [0.05, 0.1) is 17.9 Å². The van der Waals surface area contributed by atoms with E-state index in [0.717, 1.165) is 17.7 Å². The normalized spacial score (nSPS) is 10.5. The first-order chi connectivity index (χ1) is 11.6. The lowest BCUT2D eigenvalue weighted by Crippen LogP contribution is -2.11. The second-order valence-electron chi connectivity index (χ2n) is 5.09. The highest BCUT2D eigenvalue weighted by Crippen LogP contribution is 2.16. The van der Waals surface area contributed by atoms with E-state index >= 15 is 0 Å². The lowest BCUT2D eigenvalue weighted by molar-refractivity contribution is -0.111. The maximum atomic E-state index is 12.0. The van der Waals surface area contributed by atoms with E-state index in [-0.39, 0.29) is 11.3 Å². The van der Waals surface area contributed by atoms with Crippen LogP contribution in [0, 0.1) is 0 Å². The Bertz CT molecular complexity index is 735. The van der Waals surface area contributed by atoms with Crippen molar-refractivity contribution in [1.29, 1.82) is 0 Å². The zero-order chi connectivity index (χ0) is 17.4. The van der Waals surface area contributed by atoms with E-state index in [1.165, 1.54) is 12.1 Å². The first-order valence-electron chi connectivity index (χ1n) is 7.64. The predicted octanol–water partition coefficient (Wildman–Crippen LogP) is 3.83. The number of rotatable bonds is 7. The van der Waals surface area contributed by atoms with Gasteiger partial charge in [-0.2, -0.15) is 0 Å². The topological polar surface area (TPSA) is 75.6 Å². The Hall–Kier alpha value is -3.08. The maximum absolute atomic E-state index is 12.0. The van der Waals surface area contributed by atoms with Crippen LogP contribution in [0.2, 0.25) is 0 Å². The first kappa shape index (κ1) is 17.3. The Kier molecular flexibility index (Phi) is 6.14. The molecule has 0 aromatic heterocycles. The van der Waals surface area contributed by atoms with Crippen LogP contribution >= 0.6 is 0 Å². The van der Waals surface area contributed by atoms with Gasteiger partial charge < -0.3 is 15.2 Å². The van der Waals surface area contributed by atoms with Gasteiger partial charge in [0, 0.05) is 6.08 Å². The van der Waals surface area contributed by atoms with E-state index < -0.39 is 11.9 Å². The summed E-state index contributed by atoms with van der Waals surface area (Å²) in [5.74, 6) is -0.693. The van der Waals surface area contributed by atoms with Crippen LogP contribution < -0.4 is 10.1 Å². The van der Waals surface area contributed by atoms with E-state index in [4.69, 9.17) is 9.84 Å². The summed E-state index contributed by atoms with van der Waals surface area (Å²) in [4.78, 5) is 23.1. The summed E-state index contributed by atoms with van der Waals surface area (Å²) < 4.78 is 5.49. The van der Waals surface area contributed by atoms with Crippen LogP contribution in [0.1, 0.15) is 29.3 Å². The van der Waals surface area contributed by atoms with Gasteiger partial charge in [-0.05, 0) is 42.3 Å². The number of para-hydroxylation sites is 1. The molecule has 0 aliphatic rings. The summed E-state index contributed by atoms with van der Waals surface area (Å²) >= 11 is 0. The summed E-state index contributed by atoms with van der Waals surface area (Å²) in [6.07, 6.45) is 3.96. The molecule has 2 rings (SSSR count). The molecule has 0 unspecified atom stereocenters. The van der Waals surface area contributed by atoms with Gasteiger partial charge in [-0.15, -0.1) is 0 Å². The zero-order valence-electron chi connectivity index (χ0n) is 13.4. The minimum atomic E-state index is -1.09. The minimum Gasteiger partial charge on any atom is -0.494 e. The van der Waals surface area contributed by atoms with Gasteiger partial charge in [-0.1, -0.05) is 31.2 Å². The first-order valence-corrected chi connectivity index (χ1v) is 7.64. The number of hydrogen-bond acceptors (Lipinski definition) is 3. The zero-order valence-corrected chi connectivity index (χ0v) is 13.4. The molecule has 24 heavy (non-hydrogen) atoms. The van der Waals surface area contributed by atoms with Gasteiger partial charge in [-0.3, -0.25) is 4.79 Å². The van der Waals surface area contributed by atoms with E-state index in [9.17, 15) is 9.59 Å². The van der Waals surface area contributed by atoms with Gasteiger partial charge in [0.2, 0.25) is 5.91 Å². The van der Waals surface area contributed by atoms with Gasteiger partial charge in [-0.25, -0.2) is 4.79 Å². The highest BCUT2D eigenvalue weighted by Gasteiger charge is 2.10. The largest absolute Gasteiger partial charge is 0.494 e. The number of amides is 1. The maximum Gasteiger partial charge on any atom is 0.337 e. The number of anilines is 1.